The zero-order valence-corrected chi connectivity index (χ0v) is 14.3. The summed E-state index contributed by atoms with van der Waals surface area (Å²) in [6.07, 6.45) is -4.49. The van der Waals surface area contributed by atoms with Gasteiger partial charge < -0.3 is 5.32 Å². The highest BCUT2D eigenvalue weighted by molar-refractivity contribution is 9.20. The standard InChI is InChI=1S/C11H7Br3F3NO2/c12-7(9(14)19)8(13)10(20)18-6-3-1-2-5(4-6)11(15,16)17/h1-4,7-8H,(H,18,20). The van der Waals surface area contributed by atoms with E-state index in [1.807, 2.05) is 0 Å². The third-order valence-corrected chi connectivity index (χ3v) is 5.89. The normalized spacial score (nSPS) is 14.5. The van der Waals surface area contributed by atoms with Gasteiger partial charge in [-0.05, 0) is 34.1 Å². The second kappa shape index (κ2) is 7.04. The van der Waals surface area contributed by atoms with Gasteiger partial charge in [-0.25, -0.2) is 0 Å². The molecule has 0 aliphatic rings. The third-order valence-electron chi connectivity index (χ3n) is 2.18. The van der Waals surface area contributed by atoms with Crippen LogP contribution in [-0.4, -0.2) is 20.3 Å². The molecule has 2 unspecified atom stereocenters. The molecule has 3 nitrogen and oxygen atoms in total. The first-order chi connectivity index (χ1) is 9.12. The van der Waals surface area contributed by atoms with Crippen molar-refractivity contribution in [2.45, 2.75) is 15.8 Å². The molecule has 110 valence electrons. The van der Waals surface area contributed by atoms with E-state index in [9.17, 15) is 22.8 Å². The van der Waals surface area contributed by atoms with E-state index >= 15 is 0 Å². The average molecular weight is 482 g/mol. The van der Waals surface area contributed by atoms with Crippen molar-refractivity contribution in [3.8, 4) is 0 Å². The van der Waals surface area contributed by atoms with Gasteiger partial charge in [0.25, 0.3) is 0 Å². The summed E-state index contributed by atoms with van der Waals surface area (Å²) < 4.78 is 37.1. The summed E-state index contributed by atoms with van der Waals surface area (Å²) in [4.78, 5) is 21.0. The van der Waals surface area contributed by atoms with Gasteiger partial charge in [0.1, 0.15) is 9.65 Å². The molecule has 0 fully saturated rings. The Bertz CT molecular complexity index is 522. The minimum absolute atomic E-state index is 0.00371. The van der Waals surface area contributed by atoms with Crippen molar-refractivity contribution in [3.05, 3.63) is 29.8 Å². The number of halogens is 6. The maximum Gasteiger partial charge on any atom is 0.416 e. The first-order valence-corrected chi connectivity index (χ1v) is 7.71. The lowest BCUT2D eigenvalue weighted by molar-refractivity contribution is -0.137. The zero-order chi connectivity index (χ0) is 15.5. The highest BCUT2D eigenvalue weighted by Gasteiger charge is 2.31. The average Bonchev–Trinajstić information content (AvgIpc) is 2.36. The molecule has 0 aliphatic heterocycles. The van der Waals surface area contributed by atoms with Crippen LogP contribution in [0.1, 0.15) is 5.56 Å². The van der Waals surface area contributed by atoms with Gasteiger partial charge in [-0.15, -0.1) is 0 Å². The molecule has 0 saturated carbocycles. The van der Waals surface area contributed by atoms with Gasteiger partial charge in [-0.2, -0.15) is 13.2 Å². The van der Waals surface area contributed by atoms with E-state index < -0.39 is 32.0 Å². The van der Waals surface area contributed by atoms with E-state index in [1.165, 1.54) is 12.1 Å². The molecule has 9 heteroatoms. The van der Waals surface area contributed by atoms with Crippen LogP contribution in [0, 0.1) is 0 Å². The van der Waals surface area contributed by atoms with Gasteiger partial charge in [-0.1, -0.05) is 37.9 Å². The van der Waals surface area contributed by atoms with Crippen LogP contribution in [0.15, 0.2) is 24.3 Å². The first kappa shape index (κ1) is 17.6. The van der Waals surface area contributed by atoms with E-state index in [-0.39, 0.29) is 5.69 Å². The number of carbonyl (C=O) groups excluding carboxylic acids is 2. The predicted molar refractivity (Wildman–Crippen MR) is 79.4 cm³/mol. The SMILES string of the molecule is O=C(Br)C(Br)C(Br)C(=O)Nc1cccc(C(F)(F)F)c1. The molecule has 1 rings (SSSR count). The van der Waals surface area contributed by atoms with E-state index in [0.717, 1.165) is 12.1 Å². The number of anilines is 1. The molecule has 0 bridgehead atoms. The van der Waals surface area contributed by atoms with Gasteiger partial charge in [0.15, 0.2) is 0 Å². The number of hydrogen-bond donors (Lipinski definition) is 1. The molecule has 1 aromatic rings. The van der Waals surface area contributed by atoms with Gasteiger partial charge in [-0.3, -0.25) is 9.59 Å². The Morgan fingerprint density at radius 3 is 2.25 bits per heavy atom. The van der Waals surface area contributed by atoms with E-state index in [4.69, 9.17) is 0 Å². The highest BCUT2D eigenvalue weighted by Crippen LogP contribution is 2.31. The minimum atomic E-state index is -4.49. The van der Waals surface area contributed by atoms with E-state index in [1.54, 1.807) is 0 Å². The molecule has 1 amide bonds. The van der Waals surface area contributed by atoms with Crippen molar-refractivity contribution >= 4 is 64.1 Å². The highest BCUT2D eigenvalue weighted by atomic mass is 79.9. The van der Waals surface area contributed by atoms with Crippen molar-refractivity contribution in [2.24, 2.45) is 0 Å². The Labute approximate surface area is 137 Å². The summed E-state index contributed by atoms with van der Waals surface area (Å²) in [5.41, 5.74) is -0.871. The van der Waals surface area contributed by atoms with Gasteiger partial charge in [0, 0.05) is 5.69 Å². The molecule has 2 atom stereocenters. The number of carbonyl (C=O) groups is 2. The summed E-state index contributed by atoms with van der Waals surface area (Å²) in [5.74, 6) is -0.640. The lowest BCUT2D eigenvalue weighted by atomic mass is 10.2. The summed E-state index contributed by atoms with van der Waals surface area (Å²) >= 11 is 8.66. The van der Waals surface area contributed by atoms with Crippen molar-refractivity contribution in [3.63, 3.8) is 0 Å². The summed E-state index contributed by atoms with van der Waals surface area (Å²) in [6.45, 7) is 0. The second-order valence-corrected chi connectivity index (χ2v) is 6.43. The minimum Gasteiger partial charge on any atom is -0.325 e. The lowest BCUT2D eigenvalue weighted by Gasteiger charge is -2.14. The summed E-state index contributed by atoms with van der Waals surface area (Å²) in [5, 5.41) is 2.30. The fourth-order valence-electron chi connectivity index (χ4n) is 1.23. The lowest BCUT2D eigenvalue weighted by Crippen LogP contribution is -2.33. The van der Waals surface area contributed by atoms with Crippen LogP contribution in [0.3, 0.4) is 0 Å². The molecule has 0 spiro atoms. The van der Waals surface area contributed by atoms with Gasteiger partial charge in [0.05, 0.1) is 5.56 Å². The number of benzene rings is 1. The van der Waals surface area contributed by atoms with E-state index in [0.29, 0.717) is 0 Å². The van der Waals surface area contributed by atoms with Crippen LogP contribution in [0.4, 0.5) is 18.9 Å². The Morgan fingerprint density at radius 1 is 1.15 bits per heavy atom. The van der Waals surface area contributed by atoms with Crippen LogP contribution in [0.5, 0.6) is 0 Å². The molecule has 0 aliphatic carbocycles. The molecule has 0 radical (unpaired) electrons. The Hall–Kier alpha value is -0.410. The van der Waals surface area contributed by atoms with Gasteiger partial charge >= 0.3 is 6.18 Å². The Kier molecular flexibility index (Phi) is 6.21. The van der Waals surface area contributed by atoms with E-state index in [2.05, 4.69) is 53.1 Å². The molecule has 20 heavy (non-hydrogen) atoms. The van der Waals surface area contributed by atoms with Gasteiger partial charge in [0.2, 0.25) is 10.6 Å². The maximum atomic E-state index is 12.5. The smallest absolute Gasteiger partial charge is 0.325 e. The topological polar surface area (TPSA) is 46.2 Å². The fraction of sp³-hybridized carbons (Fsp3) is 0.273. The third kappa shape index (κ3) is 4.85. The van der Waals surface area contributed by atoms with Crippen molar-refractivity contribution in [1.82, 2.24) is 0 Å². The summed E-state index contributed by atoms with van der Waals surface area (Å²) in [6, 6.07) is 4.22. The zero-order valence-electron chi connectivity index (χ0n) is 9.55. The monoisotopic (exact) mass is 479 g/mol. The number of amides is 1. The molecule has 1 aromatic carbocycles. The molecular formula is C11H7Br3F3NO2. The largest absolute Gasteiger partial charge is 0.416 e. The Morgan fingerprint density at radius 2 is 1.75 bits per heavy atom. The van der Waals surface area contributed by atoms with Crippen LogP contribution >= 0.6 is 47.8 Å². The Balaban J connectivity index is 2.84. The number of hydrogen-bond acceptors (Lipinski definition) is 2. The number of nitrogens with one attached hydrogen (secondary N) is 1. The van der Waals surface area contributed by atoms with Crippen LogP contribution < -0.4 is 5.32 Å². The molecule has 0 saturated heterocycles. The fourth-order valence-corrected chi connectivity index (χ4v) is 2.45. The first-order valence-electron chi connectivity index (χ1n) is 5.08. The molecular weight excluding hydrogens is 475 g/mol. The second-order valence-electron chi connectivity index (χ2n) is 3.68. The van der Waals surface area contributed by atoms with Crippen molar-refractivity contribution in [2.75, 3.05) is 5.32 Å². The molecule has 1 N–H and O–H groups in total. The molecule has 0 aromatic heterocycles. The quantitative estimate of drug-likeness (QED) is 0.520. The van der Waals surface area contributed by atoms with Crippen molar-refractivity contribution < 1.29 is 22.8 Å². The van der Waals surface area contributed by atoms with Crippen LogP contribution in [-0.2, 0) is 15.8 Å². The van der Waals surface area contributed by atoms with Crippen LogP contribution in [0.2, 0.25) is 0 Å². The number of rotatable bonds is 4. The summed E-state index contributed by atoms with van der Waals surface area (Å²) in [7, 11) is 0. The number of alkyl halides is 5. The van der Waals surface area contributed by atoms with Crippen molar-refractivity contribution in [1.29, 1.82) is 0 Å². The molecule has 0 heterocycles. The van der Waals surface area contributed by atoms with Crippen LogP contribution in [0.25, 0.3) is 0 Å². The maximum absolute atomic E-state index is 12.5. The predicted octanol–water partition coefficient (Wildman–Crippen LogP) is 4.09.